The average molecular weight is 340 g/mol. The lowest BCUT2D eigenvalue weighted by Crippen LogP contribution is -2.52. The molecule has 0 aliphatic carbocycles. The van der Waals surface area contributed by atoms with E-state index in [9.17, 15) is 9.59 Å². The van der Waals surface area contributed by atoms with Gasteiger partial charge in [0, 0.05) is 18.6 Å². The number of amides is 2. The van der Waals surface area contributed by atoms with Gasteiger partial charge in [0.2, 0.25) is 5.91 Å². The normalized spacial score (nSPS) is 22.6. The van der Waals surface area contributed by atoms with Gasteiger partial charge in [-0.1, -0.05) is 36.4 Å². The number of likely N-dealkylation sites (tertiary alicyclic amines) is 1. The van der Waals surface area contributed by atoms with Crippen LogP contribution in [0.4, 0.5) is 0 Å². The summed E-state index contributed by atoms with van der Waals surface area (Å²) < 4.78 is 0. The first-order chi connectivity index (χ1) is 11.7. The standard InChI is InChI=1S/C19H20N2O2S/c22-17-15(14-5-2-1-3-6-14)13-19(20-17)8-10-21(11-9-19)18(23)16-7-4-12-24-16/h1-7,12,15H,8-11,13H2,(H,20,22)/t15-/m1/s1. The molecule has 0 saturated carbocycles. The number of thiophene rings is 1. The minimum Gasteiger partial charge on any atom is -0.350 e. The van der Waals surface area contributed by atoms with Crippen molar-refractivity contribution in [1.29, 1.82) is 0 Å². The Kier molecular flexibility index (Phi) is 3.88. The minimum absolute atomic E-state index is 0.0641. The summed E-state index contributed by atoms with van der Waals surface area (Å²) in [5.41, 5.74) is 0.938. The molecule has 0 bridgehead atoms. The van der Waals surface area contributed by atoms with Gasteiger partial charge in [-0.15, -0.1) is 11.3 Å². The van der Waals surface area contributed by atoms with Crippen LogP contribution in [0.2, 0.25) is 0 Å². The molecular formula is C19H20N2O2S. The predicted molar refractivity (Wildman–Crippen MR) is 94.1 cm³/mol. The lowest BCUT2D eigenvalue weighted by Gasteiger charge is -2.39. The highest BCUT2D eigenvalue weighted by Gasteiger charge is 2.46. The third kappa shape index (κ3) is 2.73. The zero-order valence-corrected chi connectivity index (χ0v) is 14.2. The van der Waals surface area contributed by atoms with Crippen LogP contribution in [0.3, 0.4) is 0 Å². The molecule has 124 valence electrons. The van der Waals surface area contributed by atoms with Crippen molar-refractivity contribution in [2.24, 2.45) is 0 Å². The Labute approximate surface area is 145 Å². The number of hydrogen-bond acceptors (Lipinski definition) is 3. The number of nitrogens with one attached hydrogen (secondary N) is 1. The van der Waals surface area contributed by atoms with E-state index in [4.69, 9.17) is 0 Å². The monoisotopic (exact) mass is 340 g/mol. The zero-order chi connectivity index (χ0) is 16.6. The van der Waals surface area contributed by atoms with Gasteiger partial charge >= 0.3 is 0 Å². The van der Waals surface area contributed by atoms with Gasteiger partial charge in [0.15, 0.2) is 0 Å². The average Bonchev–Trinajstić information content (AvgIpc) is 3.25. The highest BCUT2D eigenvalue weighted by atomic mass is 32.1. The Morgan fingerprint density at radius 1 is 1.12 bits per heavy atom. The summed E-state index contributed by atoms with van der Waals surface area (Å²) in [6.45, 7) is 1.41. The SMILES string of the molecule is O=C1NC2(CCN(C(=O)c3cccs3)CC2)C[C@@H]1c1ccccc1. The fraction of sp³-hybridized carbons (Fsp3) is 0.368. The summed E-state index contributed by atoms with van der Waals surface area (Å²) in [6, 6.07) is 13.8. The van der Waals surface area contributed by atoms with Crippen molar-refractivity contribution >= 4 is 23.2 Å². The molecule has 0 unspecified atom stereocenters. The van der Waals surface area contributed by atoms with Crippen LogP contribution in [-0.4, -0.2) is 35.3 Å². The smallest absolute Gasteiger partial charge is 0.263 e. The Morgan fingerprint density at radius 2 is 1.88 bits per heavy atom. The number of hydrogen-bond donors (Lipinski definition) is 1. The van der Waals surface area contributed by atoms with E-state index in [1.165, 1.54) is 11.3 Å². The van der Waals surface area contributed by atoms with Crippen molar-refractivity contribution in [1.82, 2.24) is 10.2 Å². The summed E-state index contributed by atoms with van der Waals surface area (Å²) in [5, 5.41) is 5.17. The highest BCUT2D eigenvalue weighted by Crippen LogP contribution is 2.39. The fourth-order valence-corrected chi connectivity index (χ4v) is 4.55. The van der Waals surface area contributed by atoms with Crippen molar-refractivity contribution in [2.75, 3.05) is 13.1 Å². The summed E-state index contributed by atoms with van der Waals surface area (Å²) in [7, 11) is 0. The van der Waals surface area contributed by atoms with Crippen LogP contribution in [0.25, 0.3) is 0 Å². The van der Waals surface area contributed by atoms with E-state index in [1.54, 1.807) is 0 Å². The highest BCUT2D eigenvalue weighted by molar-refractivity contribution is 7.12. The molecule has 1 atom stereocenters. The van der Waals surface area contributed by atoms with E-state index in [1.807, 2.05) is 52.7 Å². The number of carbonyl (C=O) groups excluding carboxylic acids is 2. The van der Waals surface area contributed by atoms with Gasteiger partial charge in [-0.3, -0.25) is 9.59 Å². The van der Waals surface area contributed by atoms with Gasteiger partial charge in [0.25, 0.3) is 5.91 Å². The van der Waals surface area contributed by atoms with Gasteiger partial charge in [0.1, 0.15) is 0 Å². The molecule has 1 N–H and O–H groups in total. The van der Waals surface area contributed by atoms with Crippen LogP contribution in [-0.2, 0) is 4.79 Å². The first kappa shape index (κ1) is 15.4. The van der Waals surface area contributed by atoms with E-state index >= 15 is 0 Å². The second kappa shape index (κ2) is 6.06. The molecule has 2 amide bonds. The molecule has 1 aromatic heterocycles. The van der Waals surface area contributed by atoms with Gasteiger partial charge in [-0.2, -0.15) is 0 Å². The quantitative estimate of drug-likeness (QED) is 0.913. The van der Waals surface area contributed by atoms with Crippen molar-refractivity contribution < 1.29 is 9.59 Å². The predicted octanol–water partition coefficient (Wildman–Crippen LogP) is 3.03. The van der Waals surface area contributed by atoms with Crippen molar-refractivity contribution in [2.45, 2.75) is 30.7 Å². The number of piperidine rings is 1. The van der Waals surface area contributed by atoms with Crippen molar-refractivity contribution in [3.63, 3.8) is 0 Å². The van der Waals surface area contributed by atoms with Crippen molar-refractivity contribution in [3.05, 3.63) is 58.3 Å². The number of rotatable bonds is 2. The Hall–Kier alpha value is -2.14. The molecule has 24 heavy (non-hydrogen) atoms. The third-order valence-corrected chi connectivity index (χ3v) is 6.10. The van der Waals surface area contributed by atoms with Crippen molar-refractivity contribution in [3.8, 4) is 0 Å². The molecule has 2 fully saturated rings. The molecule has 4 rings (SSSR count). The molecule has 0 radical (unpaired) electrons. The number of nitrogens with zero attached hydrogens (tertiary/aromatic N) is 1. The van der Waals surface area contributed by atoms with E-state index in [0.29, 0.717) is 13.1 Å². The third-order valence-electron chi connectivity index (χ3n) is 5.24. The van der Waals surface area contributed by atoms with E-state index in [0.717, 1.165) is 29.7 Å². The van der Waals surface area contributed by atoms with Crippen LogP contribution in [0.5, 0.6) is 0 Å². The molecule has 4 nitrogen and oxygen atoms in total. The maximum absolute atomic E-state index is 12.5. The zero-order valence-electron chi connectivity index (χ0n) is 13.4. The van der Waals surface area contributed by atoms with E-state index < -0.39 is 0 Å². The van der Waals surface area contributed by atoms with Gasteiger partial charge in [-0.25, -0.2) is 0 Å². The van der Waals surface area contributed by atoms with Crippen LogP contribution in [0.1, 0.15) is 40.4 Å². The molecule has 1 spiro atoms. The van der Waals surface area contributed by atoms with Crippen LogP contribution in [0.15, 0.2) is 47.8 Å². The summed E-state index contributed by atoms with van der Waals surface area (Å²) >= 11 is 1.49. The molecule has 2 saturated heterocycles. The molecular weight excluding hydrogens is 320 g/mol. The summed E-state index contributed by atoms with van der Waals surface area (Å²) in [6.07, 6.45) is 2.50. The van der Waals surface area contributed by atoms with Gasteiger partial charge < -0.3 is 10.2 Å². The summed E-state index contributed by atoms with van der Waals surface area (Å²) in [5.74, 6) is 0.175. The van der Waals surface area contributed by atoms with Crippen LogP contribution < -0.4 is 5.32 Å². The van der Waals surface area contributed by atoms with Gasteiger partial charge in [0.05, 0.1) is 10.8 Å². The first-order valence-electron chi connectivity index (χ1n) is 8.37. The van der Waals surface area contributed by atoms with Crippen LogP contribution >= 0.6 is 11.3 Å². The molecule has 2 aromatic rings. The number of carbonyl (C=O) groups is 2. The maximum Gasteiger partial charge on any atom is 0.263 e. The lowest BCUT2D eigenvalue weighted by molar-refractivity contribution is -0.121. The topological polar surface area (TPSA) is 49.4 Å². The summed E-state index contributed by atoms with van der Waals surface area (Å²) in [4.78, 5) is 27.6. The largest absolute Gasteiger partial charge is 0.350 e. The minimum atomic E-state index is -0.149. The first-order valence-corrected chi connectivity index (χ1v) is 9.25. The second-order valence-corrected chi connectivity index (χ2v) is 7.65. The maximum atomic E-state index is 12.5. The van der Waals surface area contributed by atoms with E-state index in [-0.39, 0.29) is 23.3 Å². The van der Waals surface area contributed by atoms with Gasteiger partial charge in [-0.05, 0) is 36.3 Å². The Balaban J connectivity index is 1.44. The molecule has 3 heterocycles. The molecule has 1 aromatic carbocycles. The molecule has 2 aliphatic heterocycles. The second-order valence-electron chi connectivity index (χ2n) is 6.71. The molecule has 5 heteroatoms. The van der Waals surface area contributed by atoms with Crippen LogP contribution in [0, 0.1) is 0 Å². The Bertz CT molecular complexity index is 734. The number of benzene rings is 1. The lowest BCUT2D eigenvalue weighted by atomic mass is 9.82. The molecule has 2 aliphatic rings. The Morgan fingerprint density at radius 3 is 2.54 bits per heavy atom. The fourth-order valence-electron chi connectivity index (χ4n) is 3.86. The van der Waals surface area contributed by atoms with E-state index in [2.05, 4.69) is 5.32 Å².